The Morgan fingerprint density at radius 2 is 1.90 bits per heavy atom. The lowest BCUT2D eigenvalue weighted by atomic mass is 10.0. The van der Waals surface area contributed by atoms with Crippen LogP contribution in [0.5, 0.6) is 0 Å². The highest BCUT2D eigenvalue weighted by atomic mass is 35.5. The number of rotatable bonds is 7. The largest absolute Gasteiger partial charge is 0.376 e. The normalized spacial score (nSPS) is 23.3. The number of carbonyl (C=O) groups excluding carboxylic acids is 1. The molecular formula is C16H31ClN2O2. The van der Waals surface area contributed by atoms with E-state index < -0.39 is 0 Å². The Morgan fingerprint density at radius 1 is 1.14 bits per heavy atom. The van der Waals surface area contributed by atoms with Crippen LogP contribution in [-0.4, -0.2) is 38.3 Å². The van der Waals surface area contributed by atoms with E-state index >= 15 is 0 Å². The first-order valence-electron chi connectivity index (χ1n) is 8.43. The van der Waals surface area contributed by atoms with Gasteiger partial charge in [-0.15, -0.1) is 12.4 Å². The summed E-state index contributed by atoms with van der Waals surface area (Å²) in [6.07, 6.45) is 11.0. The molecule has 5 heteroatoms. The highest BCUT2D eigenvalue weighted by Crippen LogP contribution is 2.19. The Labute approximate surface area is 135 Å². The molecule has 0 aromatic carbocycles. The quantitative estimate of drug-likeness (QED) is 0.560. The van der Waals surface area contributed by atoms with E-state index in [4.69, 9.17) is 4.74 Å². The van der Waals surface area contributed by atoms with Crippen LogP contribution in [-0.2, 0) is 9.53 Å². The summed E-state index contributed by atoms with van der Waals surface area (Å²) in [6, 6.07) is 0. The molecule has 2 N–H and O–H groups in total. The molecule has 2 fully saturated rings. The SMILES string of the molecule is Cl.O=C(CCC1CCNC1)NCCOC1CCCCCC1. The Morgan fingerprint density at radius 3 is 2.57 bits per heavy atom. The van der Waals surface area contributed by atoms with Crippen molar-refractivity contribution < 1.29 is 9.53 Å². The van der Waals surface area contributed by atoms with Gasteiger partial charge < -0.3 is 15.4 Å². The molecule has 4 nitrogen and oxygen atoms in total. The van der Waals surface area contributed by atoms with Gasteiger partial charge in [0.1, 0.15) is 0 Å². The van der Waals surface area contributed by atoms with Crippen molar-refractivity contribution in [2.75, 3.05) is 26.2 Å². The van der Waals surface area contributed by atoms with Crippen molar-refractivity contribution in [2.24, 2.45) is 5.92 Å². The third-order valence-corrected chi connectivity index (χ3v) is 4.52. The molecule has 0 aromatic heterocycles. The Hall–Kier alpha value is -0.320. The third-order valence-electron chi connectivity index (χ3n) is 4.52. The molecule has 1 amide bonds. The van der Waals surface area contributed by atoms with Crippen LogP contribution in [0.4, 0.5) is 0 Å². The second-order valence-electron chi connectivity index (χ2n) is 6.23. The van der Waals surface area contributed by atoms with E-state index in [1.165, 1.54) is 44.9 Å². The number of halogens is 1. The summed E-state index contributed by atoms with van der Waals surface area (Å²) in [6.45, 7) is 3.53. The molecule has 2 rings (SSSR count). The minimum atomic E-state index is 0. The molecule has 1 saturated carbocycles. The summed E-state index contributed by atoms with van der Waals surface area (Å²) in [5, 5.41) is 6.32. The smallest absolute Gasteiger partial charge is 0.220 e. The van der Waals surface area contributed by atoms with Crippen LogP contribution in [0.1, 0.15) is 57.8 Å². The zero-order valence-electron chi connectivity index (χ0n) is 13.1. The zero-order chi connectivity index (χ0) is 14.0. The minimum Gasteiger partial charge on any atom is -0.376 e. The van der Waals surface area contributed by atoms with Gasteiger partial charge in [0.2, 0.25) is 5.91 Å². The summed E-state index contributed by atoms with van der Waals surface area (Å²) in [5.41, 5.74) is 0. The lowest BCUT2D eigenvalue weighted by Crippen LogP contribution is -2.29. The maximum Gasteiger partial charge on any atom is 0.220 e. The van der Waals surface area contributed by atoms with Crippen LogP contribution in [0.15, 0.2) is 0 Å². The molecule has 0 radical (unpaired) electrons. The third kappa shape index (κ3) is 8.03. The lowest BCUT2D eigenvalue weighted by Gasteiger charge is -2.15. The van der Waals surface area contributed by atoms with E-state index in [0.29, 0.717) is 31.6 Å². The number of hydrogen-bond acceptors (Lipinski definition) is 3. The van der Waals surface area contributed by atoms with Crippen LogP contribution in [0, 0.1) is 5.92 Å². The molecule has 124 valence electrons. The summed E-state index contributed by atoms with van der Waals surface area (Å²) in [5.74, 6) is 0.879. The molecule has 0 aromatic rings. The molecule has 1 heterocycles. The first kappa shape index (κ1) is 18.7. The number of nitrogens with one attached hydrogen (secondary N) is 2. The average Bonchev–Trinajstić information content (AvgIpc) is 2.84. The average molecular weight is 319 g/mol. The standard InChI is InChI=1S/C16H30N2O2.ClH/c19-16(8-7-14-9-10-17-13-14)18-11-12-20-15-5-3-1-2-4-6-15;/h14-15,17H,1-13H2,(H,18,19);1H. The lowest BCUT2D eigenvalue weighted by molar-refractivity contribution is -0.121. The predicted molar refractivity (Wildman–Crippen MR) is 87.9 cm³/mol. The van der Waals surface area contributed by atoms with Crippen molar-refractivity contribution >= 4 is 18.3 Å². The predicted octanol–water partition coefficient (Wildman–Crippen LogP) is 2.65. The zero-order valence-corrected chi connectivity index (χ0v) is 13.9. The van der Waals surface area contributed by atoms with E-state index in [9.17, 15) is 4.79 Å². The fourth-order valence-electron chi connectivity index (χ4n) is 3.21. The van der Waals surface area contributed by atoms with Crippen molar-refractivity contribution in [3.05, 3.63) is 0 Å². The van der Waals surface area contributed by atoms with Crippen LogP contribution >= 0.6 is 12.4 Å². The number of carbonyl (C=O) groups is 1. The van der Waals surface area contributed by atoms with Crippen molar-refractivity contribution in [1.29, 1.82) is 0 Å². The Bertz CT molecular complexity index is 275. The Kier molecular flexibility index (Phi) is 10.1. The molecule has 1 saturated heterocycles. The monoisotopic (exact) mass is 318 g/mol. The van der Waals surface area contributed by atoms with Crippen LogP contribution in [0.25, 0.3) is 0 Å². The van der Waals surface area contributed by atoms with Gasteiger partial charge in [-0.25, -0.2) is 0 Å². The van der Waals surface area contributed by atoms with Gasteiger partial charge in [0.15, 0.2) is 0 Å². The van der Waals surface area contributed by atoms with Crippen molar-refractivity contribution in [3.8, 4) is 0 Å². The van der Waals surface area contributed by atoms with E-state index in [2.05, 4.69) is 10.6 Å². The maximum absolute atomic E-state index is 11.7. The molecule has 1 aliphatic heterocycles. The van der Waals surface area contributed by atoms with Gasteiger partial charge in [0.25, 0.3) is 0 Å². The van der Waals surface area contributed by atoms with E-state index in [1.807, 2.05) is 0 Å². The first-order chi connectivity index (χ1) is 9.84. The molecule has 1 unspecified atom stereocenters. The van der Waals surface area contributed by atoms with Gasteiger partial charge in [-0.05, 0) is 44.7 Å². The number of ether oxygens (including phenoxy) is 1. The molecular weight excluding hydrogens is 288 g/mol. The molecule has 1 aliphatic carbocycles. The summed E-state index contributed by atoms with van der Waals surface area (Å²) >= 11 is 0. The van der Waals surface area contributed by atoms with Crippen molar-refractivity contribution in [1.82, 2.24) is 10.6 Å². The molecule has 0 spiro atoms. The topological polar surface area (TPSA) is 50.4 Å². The molecule has 1 atom stereocenters. The van der Waals surface area contributed by atoms with E-state index in [1.54, 1.807) is 0 Å². The highest BCUT2D eigenvalue weighted by molar-refractivity contribution is 5.85. The van der Waals surface area contributed by atoms with E-state index in [-0.39, 0.29) is 18.3 Å². The highest BCUT2D eigenvalue weighted by Gasteiger charge is 2.16. The fourth-order valence-corrected chi connectivity index (χ4v) is 3.21. The summed E-state index contributed by atoms with van der Waals surface area (Å²) in [4.78, 5) is 11.7. The van der Waals surface area contributed by atoms with Gasteiger partial charge in [0, 0.05) is 13.0 Å². The van der Waals surface area contributed by atoms with Crippen LogP contribution in [0.3, 0.4) is 0 Å². The second kappa shape index (κ2) is 11.3. The fraction of sp³-hybridized carbons (Fsp3) is 0.938. The van der Waals surface area contributed by atoms with Crippen LogP contribution in [0.2, 0.25) is 0 Å². The summed E-state index contributed by atoms with van der Waals surface area (Å²) in [7, 11) is 0. The van der Waals surface area contributed by atoms with Gasteiger partial charge >= 0.3 is 0 Å². The number of amides is 1. The number of hydrogen-bond donors (Lipinski definition) is 2. The second-order valence-corrected chi connectivity index (χ2v) is 6.23. The van der Waals surface area contributed by atoms with Gasteiger partial charge in [-0.2, -0.15) is 0 Å². The van der Waals surface area contributed by atoms with Crippen LogP contribution < -0.4 is 10.6 Å². The van der Waals surface area contributed by atoms with E-state index in [0.717, 1.165) is 19.5 Å². The van der Waals surface area contributed by atoms with Gasteiger partial charge in [0.05, 0.1) is 12.7 Å². The maximum atomic E-state index is 11.7. The summed E-state index contributed by atoms with van der Waals surface area (Å²) < 4.78 is 5.87. The first-order valence-corrected chi connectivity index (χ1v) is 8.43. The molecule has 2 aliphatic rings. The Balaban J connectivity index is 0.00000220. The van der Waals surface area contributed by atoms with Crippen molar-refractivity contribution in [2.45, 2.75) is 63.9 Å². The molecule has 21 heavy (non-hydrogen) atoms. The van der Waals surface area contributed by atoms with Crippen molar-refractivity contribution in [3.63, 3.8) is 0 Å². The van der Waals surface area contributed by atoms with Gasteiger partial charge in [-0.3, -0.25) is 4.79 Å². The van der Waals surface area contributed by atoms with Gasteiger partial charge in [-0.1, -0.05) is 25.7 Å². The molecule has 0 bridgehead atoms. The minimum absolute atomic E-state index is 0.